The van der Waals surface area contributed by atoms with E-state index in [1.54, 1.807) is 17.5 Å². The number of nitrogens with zero attached hydrogens (tertiary/aromatic N) is 3. The molecule has 2 aromatic heterocycles. The first-order chi connectivity index (χ1) is 9.28. The summed E-state index contributed by atoms with van der Waals surface area (Å²) in [6.07, 6.45) is 6.80. The molecule has 0 bridgehead atoms. The van der Waals surface area contributed by atoms with Crippen LogP contribution in [-0.4, -0.2) is 28.5 Å². The van der Waals surface area contributed by atoms with Crippen LogP contribution in [0.5, 0.6) is 0 Å². The highest BCUT2D eigenvalue weighted by Gasteiger charge is 2.05. The van der Waals surface area contributed by atoms with Crippen molar-refractivity contribution in [3.63, 3.8) is 0 Å². The molecule has 0 aliphatic heterocycles. The highest BCUT2D eigenvalue weighted by Crippen LogP contribution is 2.19. The first-order valence-corrected chi connectivity index (χ1v) is 7.35. The summed E-state index contributed by atoms with van der Waals surface area (Å²) in [5, 5.41) is 4.34. The fourth-order valence-electron chi connectivity index (χ4n) is 1.82. The molecule has 2 heterocycles. The van der Waals surface area contributed by atoms with Gasteiger partial charge in [0, 0.05) is 43.1 Å². The Balaban J connectivity index is 1.85. The van der Waals surface area contributed by atoms with Gasteiger partial charge in [-0.1, -0.05) is 13.0 Å². The van der Waals surface area contributed by atoms with E-state index in [0.29, 0.717) is 0 Å². The topological polar surface area (TPSA) is 41.1 Å². The van der Waals surface area contributed by atoms with Crippen molar-refractivity contribution in [2.24, 2.45) is 0 Å². The van der Waals surface area contributed by atoms with E-state index in [-0.39, 0.29) is 0 Å². The van der Waals surface area contributed by atoms with Crippen LogP contribution in [0.1, 0.15) is 23.8 Å². The monoisotopic (exact) mass is 276 g/mol. The van der Waals surface area contributed by atoms with Crippen molar-refractivity contribution in [2.45, 2.75) is 26.4 Å². The summed E-state index contributed by atoms with van der Waals surface area (Å²) in [4.78, 5) is 12.1. The van der Waals surface area contributed by atoms with Crippen LogP contribution >= 0.6 is 11.3 Å². The molecule has 2 rings (SSSR count). The summed E-state index contributed by atoms with van der Waals surface area (Å²) in [6, 6.07) is 4.08. The molecule has 0 saturated carbocycles. The van der Waals surface area contributed by atoms with E-state index in [1.807, 2.05) is 18.5 Å². The molecule has 5 heteroatoms. The van der Waals surface area contributed by atoms with E-state index in [2.05, 4.69) is 40.2 Å². The minimum Gasteiger partial charge on any atom is -0.362 e. The third-order valence-electron chi connectivity index (χ3n) is 2.68. The van der Waals surface area contributed by atoms with E-state index in [9.17, 15) is 0 Å². The van der Waals surface area contributed by atoms with Gasteiger partial charge in [0.15, 0.2) is 5.13 Å². The molecule has 19 heavy (non-hydrogen) atoms. The van der Waals surface area contributed by atoms with Gasteiger partial charge in [-0.3, -0.25) is 9.88 Å². The first kappa shape index (κ1) is 14.0. The molecule has 0 saturated heterocycles. The van der Waals surface area contributed by atoms with E-state index < -0.39 is 0 Å². The lowest BCUT2D eigenvalue weighted by atomic mass is 10.3. The maximum Gasteiger partial charge on any atom is 0.182 e. The van der Waals surface area contributed by atoms with Crippen LogP contribution in [0.25, 0.3) is 0 Å². The number of aromatic nitrogens is 2. The Morgan fingerprint density at radius 1 is 1.32 bits per heavy atom. The standard InChI is InChI=1S/C14H20N4S/c1-3-6-16-14-17-9-13(19-14)11-18(2)10-12-5-4-7-15-8-12/h4-5,7-9H,3,6,10-11H2,1-2H3,(H,16,17). The molecule has 2 aromatic rings. The Morgan fingerprint density at radius 2 is 2.21 bits per heavy atom. The van der Waals surface area contributed by atoms with Gasteiger partial charge in [-0.15, -0.1) is 11.3 Å². The summed E-state index contributed by atoms with van der Waals surface area (Å²) < 4.78 is 0. The fraction of sp³-hybridized carbons (Fsp3) is 0.429. The number of anilines is 1. The smallest absolute Gasteiger partial charge is 0.182 e. The lowest BCUT2D eigenvalue weighted by Crippen LogP contribution is -2.16. The molecule has 0 aromatic carbocycles. The van der Waals surface area contributed by atoms with Crippen molar-refractivity contribution in [3.8, 4) is 0 Å². The quantitative estimate of drug-likeness (QED) is 0.844. The molecular formula is C14H20N4S. The molecule has 0 aliphatic carbocycles. The van der Waals surface area contributed by atoms with E-state index in [0.717, 1.165) is 31.2 Å². The van der Waals surface area contributed by atoms with Crippen LogP contribution in [0.3, 0.4) is 0 Å². The van der Waals surface area contributed by atoms with Gasteiger partial charge >= 0.3 is 0 Å². The van der Waals surface area contributed by atoms with Gasteiger partial charge in [-0.2, -0.15) is 0 Å². The molecule has 4 nitrogen and oxygen atoms in total. The molecule has 0 radical (unpaired) electrons. The summed E-state index contributed by atoms with van der Waals surface area (Å²) in [7, 11) is 2.12. The number of hydrogen-bond acceptors (Lipinski definition) is 5. The second-order valence-electron chi connectivity index (χ2n) is 4.59. The zero-order valence-corrected chi connectivity index (χ0v) is 12.3. The SMILES string of the molecule is CCCNc1ncc(CN(C)Cc2cccnc2)s1. The predicted molar refractivity (Wildman–Crippen MR) is 80.3 cm³/mol. The lowest BCUT2D eigenvalue weighted by Gasteiger charge is -2.14. The Bertz CT molecular complexity index is 483. The first-order valence-electron chi connectivity index (χ1n) is 6.54. The lowest BCUT2D eigenvalue weighted by molar-refractivity contribution is 0.321. The van der Waals surface area contributed by atoms with Crippen molar-refractivity contribution in [1.29, 1.82) is 0 Å². The minimum atomic E-state index is 0.906. The Hall–Kier alpha value is -1.46. The van der Waals surface area contributed by atoms with Crippen LogP contribution < -0.4 is 5.32 Å². The van der Waals surface area contributed by atoms with E-state index in [1.165, 1.54) is 10.4 Å². The molecule has 0 atom stereocenters. The van der Waals surface area contributed by atoms with Gasteiger partial charge in [0.1, 0.15) is 0 Å². The Labute approximate surface area is 118 Å². The predicted octanol–water partition coefficient (Wildman–Crippen LogP) is 2.99. The van der Waals surface area contributed by atoms with E-state index >= 15 is 0 Å². The molecule has 0 aliphatic rings. The Kier molecular flexibility index (Phi) is 5.30. The fourth-order valence-corrected chi connectivity index (χ4v) is 2.74. The van der Waals surface area contributed by atoms with Crippen LogP contribution in [0.15, 0.2) is 30.7 Å². The number of pyridine rings is 1. The number of hydrogen-bond donors (Lipinski definition) is 1. The zero-order valence-electron chi connectivity index (χ0n) is 11.5. The molecule has 0 spiro atoms. The number of thiazole rings is 1. The van der Waals surface area contributed by atoms with Gasteiger partial charge < -0.3 is 5.32 Å². The van der Waals surface area contributed by atoms with Gasteiger partial charge in [-0.25, -0.2) is 4.98 Å². The average Bonchev–Trinajstić information content (AvgIpc) is 2.85. The highest BCUT2D eigenvalue weighted by atomic mass is 32.1. The van der Waals surface area contributed by atoms with Crippen LogP contribution in [0, 0.1) is 0 Å². The number of rotatable bonds is 7. The average molecular weight is 276 g/mol. The van der Waals surface area contributed by atoms with Gasteiger partial charge in [-0.05, 0) is 25.1 Å². The molecule has 1 N–H and O–H groups in total. The highest BCUT2D eigenvalue weighted by molar-refractivity contribution is 7.15. The third kappa shape index (κ3) is 4.61. The second-order valence-corrected chi connectivity index (χ2v) is 5.71. The molecule has 0 amide bonds. The maximum atomic E-state index is 4.38. The second kappa shape index (κ2) is 7.21. The van der Waals surface area contributed by atoms with E-state index in [4.69, 9.17) is 0 Å². The van der Waals surface area contributed by atoms with Crippen molar-refractivity contribution in [2.75, 3.05) is 18.9 Å². The largest absolute Gasteiger partial charge is 0.362 e. The third-order valence-corrected chi connectivity index (χ3v) is 3.62. The normalized spacial score (nSPS) is 10.9. The van der Waals surface area contributed by atoms with Crippen molar-refractivity contribution < 1.29 is 0 Å². The summed E-state index contributed by atoms with van der Waals surface area (Å²) in [6.45, 7) is 4.96. The molecule has 0 unspecified atom stereocenters. The maximum absolute atomic E-state index is 4.38. The van der Waals surface area contributed by atoms with Gasteiger partial charge in [0.05, 0.1) is 0 Å². The summed E-state index contributed by atoms with van der Waals surface area (Å²) >= 11 is 1.73. The van der Waals surface area contributed by atoms with Gasteiger partial charge in [0.2, 0.25) is 0 Å². The zero-order chi connectivity index (χ0) is 13.5. The summed E-state index contributed by atoms with van der Waals surface area (Å²) in [5.41, 5.74) is 1.24. The molecule has 102 valence electrons. The van der Waals surface area contributed by atoms with Crippen molar-refractivity contribution in [3.05, 3.63) is 41.2 Å². The van der Waals surface area contributed by atoms with Crippen molar-refractivity contribution >= 4 is 16.5 Å². The van der Waals surface area contributed by atoms with Crippen LogP contribution in [0.4, 0.5) is 5.13 Å². The van der Waals surface area contributed by atoms with Crippen LogP contribution in [-0.2, 0) is 13.1 Å². The van der Waals surface area contributed by atoms with Gasteiger partial charge in [0.25, 0.3) is 0 Å². The number of nitrogens with one attached hydrogen (secondary N) is 1. The minimum absolute atomic E-state index is 0.906. The summed E-state index contributed by atoms with van der Waals surface area (Å²) in [5.74, 6) is 0. The van der Waals surface area contributed by atoms with Crippen molar-refractivity contribution in [1.82, 2.24) is 14.9 Å². The molecular weight excluding hydrogens is 256 g/mol. The Morgan fingerprint density at radius 3 is 2.95 bits per heavy atom. The van der Waals surface area contributed by atoms with Crippen LogP contribution in [0.2, 0.25) is 0 Å². The molecule has 0 fully saturated rings.